The molecule has 24 heavy (non-hydrogen) atoms. The van der Waals surface area contributed by atoms with E-state index in [1.807, 2.05) is 24.3 Å². The van der Waals surface area contributed by atoms with Gasteiger partial charge in [0.25, 0.3) is 5.91 Å². The summed E-state index contributed by atoms with van der Waals surface area (Å²) in [5, 5.41) is 6.92. The second kappa shape index (κ2) is 6.74. The number of carbonyl (C=O) groups is 2. The van der Waals surface area contributed by atoms with Crippen LogP contribution in [0.3, 0.4) is 0 Å². The number of piperidine rings is 1. The maximum atomic E-state index is 12.8. The highest BCUT2D eigenvalue weighted by Crippen LogP contribution is 2.26. The van der Waals surface area contributed by atoms with Crippen LogP contribution in [0.2, 0.25) is 0 Å². The van der Waals surface area contributed by atoms with E-state index in [4.69, 9.17) is 10.5 Å². The molecule has 1 aliphatic rings. The van der Waals surface area contributed by atoms with Crippen molar-refractivity contribution in [2.24, 2.45) is 11.7 Å². The fraction of sp³-hybridized carbons (Fsp3) is 0.353. The Kier molecular flexibility index (Phi) is 4.50. The molecule has 1 aliphatic heterocycles. The lowest BCUT2D eigenvalue weighted by molar-refractivity contribution is -0.123. The molecule has 2 amide bonds. The van der Waals surface area contributed by atoms with Gasteiger partial charge in [0.05, 0.1) is 24.6 Å². The largest absolute Gasteiger partial charge is 0.497 e. The highest BCUT2D eigenvalue weighted by atomic mass is 16.5. The van der Waals surface area contributed by atoms with Crippen molar-refractivity contribution >= 4 is 11.8 Å². The van der Waals surface area contributed by atoms with Gasteiger partial charge in [-0.2, -0.15) is 5.10 Å². The summed E-state index contributed by atoms with van der Waals surface area (Å²) >= 11 is 0. The van der Waals surface area contributed by atoms with Crippen molar-refractivity contribution in [3.8, 4) is 17.0 Å². The summed E-state index contributed by atoms with van der Waals surface area (Å²) in [7, 11) is 1.61. The molecule has 0 atom stereocenters. The molecule has 3 rings (SSSR count). The summed E-state index contributed by atoms with van der Waals surface area (Å²) in [6.45, 7) is 1.05. The molecule has 1 fully saturated rings. The van der Waals surface area contributed by atoms with Crippen LogP contribution in [0.4, 0.5) is 0 Å². The molecule has 0 aliphatic carbocycles. The number of nitrogens with one attached hydrogen (secondary N) is 1. The topological polar surface area (TPSA) is 101 Å². The first-order chi connectivity index (χ1) is 11.6. The van der Waals surface area contributed by atoms with E-state index in [1.165, 1.54) is 0 Å². The van der Waals surface area contributed by atoms with E-state index in [-0.39, 0.29) is 17.7 Å². The third-order valence-electron chi connectivity index (χ3n) is 4.43. The highest BCUT2D eigenvalue weighted by molar-refractivity contribution is 5.99. The van der Waals surface area contributed by atoms with Gasteiger partial charge in [0.15, 0.2) is 0 Å². The van der Waals surface area contributed by atoms with Crippen molar-refractivity contribution < 1.29 is 14.3 Å². The molecule has 7 nitrogen and oxygen atoms in total. The molecule has 0 bridgehead atoms. The van der Waals surface area contributed by atoms with Gasteiger partial charge in [-0.15, -0.1) is 0 Å². The summed E-state index contributed by atoms with van der Waals surface area (Å²) in [6, 6.07) is 7.43. The van der Waals surface area contributed by atoms with Gasteiger partial charge in [-0.1, -0.05) is 0 Å². The number of benzene rings is 1. The number of ether oxygens (including phenoxy) is 1. The standard InChI is InChI=1S/C17H20N4O3/c1-24-13-4-2-11(3-5-13)15-14(10-19-20-15)17(23)21-8-6-12(7-9-21)16(18)22/h2-5,10,12H,6-9H2,1H3,(H2,18,22)(H,19,20). The quantitative estimate of drug-likeness (QED) is 0.886. The SMILES string of the molecule is COc1ccc(-c2[nH]ncc2C(=O)N2CCC(C(N)=O)CC2)cc1. The third-order valence-corrected chi connectivity index (χ3v) is 4.43. The molecule has 0 saturated carbocycles. The van der Waals surface area contributed by atoms with Gasteiger partial charge < -0.3 is 15.4 Å². The van der Waals surface area contributed by atoms with Crippen LogP contribution in [0.25, 0.3) is 11.3 Å². The number of primary amides is 1. The Labute approximate surface area is 139 Å². The van der Waals surface area contributed by atoms with Crippen LogP contribution in [0.1, 0.15) is 23.2 Å². The van der Waals surface area contributed by atoms with E-state index in [0.717, 1.165) is 11.3 Å². The van der Waals surface area contributed by atoms with Gasteiger partial charge >= 0.3 is 0 Å². The summed E-state index contributed by atoms with van der Waals surface area (Å²) < 4.78 is 5.15. The zero-order valence-corrected chi connectivity index (χ0v) is 13.5. The lowest BCUT2D eigenvalue weighted by Crippen LogP contribution is -2.41. The van der Waals surface area contributed by atoms with Crippen molar-refractivity contribution in [2.75, 3.05) is 20.2 Å². The number of aromatic nitrogens is 2. The van der Waals surface area contributed by atoms with Crippen LogP contribution in [0, 0.1) is 5.92 Å². The molecule has 2 aromatic rings. The Bertz CT molecular complexity index is 731. The smallest absolute Gasteiger partial charge is 0.257 e. The molecule has 1 saturated heterocycles. The predicted molar refractivity (Wildman–Crippen MR) is 88.4 cm³/mol. The number of amides is 2. The van der Waals surface area contributed by atoms with E-state index in [2.05, 4.69) is 10.2 Å². The van der Waals surface area contributed by atoms with Crippen LogP contribution in [-0.4, -0.2) is 47.1 Å². The number of likely N-dealkylation sites (tertiary alicyclic amines) is 1. The molecule has 3 N–H and O–H groups in total. The van der Waals surface area contributed by atoms with Gasteiger partial charge in [0.1, 0.15) is 5.75 Å². The molecule has 126 valence electrons. The fourth-order valence-corrected chi connectivity index (χ4v) is 2.96. The van der Waals surface area contributed by atoms with Crippen molar-refractivity contribution in [1.29, 1.82) is 0 Å². The third kappa shape index (κ3) is 3.10. The number of nitrogens with zero attached hydrogens (tertiary/aromatic N) is 2. The summed E-state index contributed by atoms with van der Waals surface area (Å²) in [6.07, 6.45) is 2.76. The molecule has 0 radical (unpaired) electrons. The lowest BCUT2D eigenvalue weighted by atomic mass is 9.95. The number of aromatic amines is 1. The second-order valence-corrected chi connectivity index (χ2v) is 5.86. The summed E-state index contributed by atoms with van der Waals surface area (Å²) in [4.78, 5) is 25.8. The summed E-state index contributed by atoms with van der Waals surface area (Å²) in [5.74, 6) is 0.237. The van der Waals surface area contributed by atoms with Crippen molar-refractivity contribution in [3.05, 3.63) is 36.0 Å². The maximum Gasteiger partial charge on any atom is 0.257 e. The first kappa shape index (κ1) is 16.0. The van der Waals surface area contributed by atoms with Gasteiger partial charge in [0, 0.05) is 24.6 Å². The second-order valence-electron chi connectivity index (χ2n) is 5.86. The minimum atomic E-state index is -0.288. The van der Waals surface area contributed by atoms with Crippen LogP contribution < -0.4 is 10.5 Å². The first-order valence-electron chi connectivity index (χ1n) is 7.86. The maximum absolute atomic E-state index is 12.8. The van der Waals surface area contributed by atoms with Crippen molar-refractivity contribution in [3.63, 3.8) is 0 Å². The van der Waals surface area contributed by atoms with Gasteiger partial charge in [-0.25, -0.2) is 0 Å². The van der Waals surface area contributed by atoms with Crippen LogP contribution >= 0.6 is 0 Å². The van der Waals surface area contributed by atoms with E-state index in [0.29, 0.717) is 37.2 Å². The number of methoxy groups -OCH3 is 1. The van der Waals surface area contributed by atoms with E-state index < -0.39 is 0 Å². The zero-order chi connectivity index (χ0) is 17.1. The molecule has 2 heterocycles. The van der Waals surface area contributed by atoms with Crippen molar-refractivity contribution in [2.45, 2.75) is 12.8 Å². The molecule has 7 heteroatoms. The van der Waals surface area contributed by atoms with Crippen LogP contribution in [-0.2, 0) is 4.79 Å². The van der Waals surface area contributed by atoms with Crippen LogP contribution in [0.15, 0.2) is 30.5 Å². The van der Waals surface area contributed by atoms with E-state index >= 15 is 0 Å². The summed E-state index contributed by atoms with van der Waals surface area (Å²) in [5.41, 5.74) is 7.41. The molecule has 1 aromatic carbocycles. The molecule has 0 spiro atoms. The monoisotopic (exact) mass is 328 g/mol. The lowest BCUT2D eigenvalue weighted by Gasteiger charge is -2.30. The molecule has 1 aromatic heterocycles. The molecular weight excluding hydrogens is 308 g/mol. The Hall–Kier alpha value is -2.83. The number of carbonyl (C=O) groups excluding carboxylic acids is 2. The average molecular weight is 328 g/mol. The zero-order valence-electron chi connectivity index (χ0n) is 13.5. The normalized spacial score (nSPS) is 15.3. The number of hydrogen-bond acceptors (Lipinski definition) is 4. The van der Waals surface area contributed by atoms with Gasteiger partial charge in [0.2, 0.25) is 5.91 Å². The highest BCUT2D eigenvalue weighted by Gasteiger charge is 2.28. The minimum absolute atomic E-state index is 0.0857. The predicted octanol–water partition coefficient (Wildman–Crippen LogP) is 1.42. The molecule has 0 unspecified atom stereocenters. The van der Waals surface area contributed by atoms with E-state index in [1.54, 1.807) is 18.2 Å². The first-order valence-corrected chi connectivity index (χ1v) is 7.86. The average Bonchev–Trinajstić information content (AvgIpc) is 3.11. The van der Waals surface area contributed by atoms with Gasteiger partial charge in [-0.05, 0) is 37.1 Å². The number of rotatable bonds is 4. The Balaban J connectivity index is 1.77. The van der Waals surface area contributed by atoms with Crippen molar-refractivity contribution in [1.82, 2.24) is 15.1 Å². The number of hydrogen-bond donors (Lipinski definition) is 2. The Morgan fingerprint density at radius 3 is 2.50 bits per heavy atom. The minimum Gasteiger partial charge on any atom is -0.497 e. The van der Waals surface area contributed by atoms with Crippen LogP contribution in [0.5, 0.6) is 5.75 Å². The number of H-pyrrole nitrogens is 1. The fourth-order valence-electron chi connectivity index (χ4n) is 2.96. The van der Waals surface area contributed by atoms with Gasteiger partial charge in [-0.3, -0.25) is 14.7 Å². The Morgan fingerprint density at radius 2 is 1.92 bits per heavy atom. The Morgan fingerprint density at radius 1 is 1.25 bits per heavy atom. The molecular formula is C17H20N4O3. The number of nitrogens with two attached hydrogens (primary N) is 1. The van der Waals surface area contributed by atoms with E-state index in [9.17, 15) is 9.59 Å².